The highest BCUT2D eigenvalue weighted by atomic mass is 16.1. The van der Waals surface area contributed by atoms with Gasteiger partial charge in [0, 0.05) is 13.1 Å². The van der Waals surface area contributed by atoms with Crippen LogP contribution in [0.2, 0.25) is 0 Å². The molecule has 0 saturated heterocycles. The molecule has 2 aliphatic rings. The zero-order valence-corrected chi connectivity index (χ0v) is 14.2. The van der Waals surface area contributed by atoms with Gasteiger partial charge in [0.1, 0.15) is 0 Å². The molecule has 1 aromatic heterocycles. The molecule has 23 heavy (non-hydrogen) atoms. The van der Waals surface area contributed by atoms with Crippen LogP contribution in [0.1, 0.15) is 49.2 Å². The van der Waals surface area contributed by atoms with E-state index in [1.54, 1.807) is 6.20 Å². The predicted octanol–water partition coefficient (Wildman–Crippen LogP) is 2.13. The summed E-state index contributed by atoms with van der Waals surface area (Å²) in [5, 5.41) is 7.94. The lowest BCUT2D eigenvalue weighted by molar-refractivity contribution is 0.0998. The molecule has 0 radical (unpaired) electrons. The predicted molar refractivity (Wildman–Crippen MR) is 91.1 cm³/mol. The SMILES string of the molecule is CC1=CCC[C@H](C)[C@H]1CNC[C@@H]1CCn2ncc(C(N)=O)c2C1. The molecule has 0 bridgehead atoms. The molecular weight excluding hydrogens is 288 g/mol. The van der Waals surface area contributed by atoms with Gasteiger partial charge in [0.15, 0.2) is 0 Å². The Bertz CT molecular complexity index is 604. The van der Waals surface area contributed by atoms with Crippen molar-refractivity contribution in [2.24, 2.45) is 23.5 Å². The van der Waals surface area contributed by atoms with Crippen molar-refractivity contribution in [2.45, 2.75) is 46.1 Å². The van der Waals surface area contributed by atoms with Crippen LogP contribution < -0.4 is 11.1 Å². The van der Waals surface area contributed by atoms with Gasteiger partial charge in [0.2, 0.25) is 0 Å². The van der Waals surface area contributed by atoms with Gasteiger partial charge in [-0.25, -0.2) is 0 Å². The highest BCUT2D eigenvalue weighted by molar-refractivity contribution is 5.93. The molecule has 3 rings (SSSR count). The summed E-state index contributed by atoms with van der Waals surface area (Å²) in [6.45, 7) is 7.57. The van der Waals surface area contributed by atoms with Crippen molar-refractivity contribution in [1.29, 1.82) is 0 Å². The fraction of sp³-hybridized carbons (Fsp3) is 0.667. The minimum atomic E-state index is -0.364. The van der Waals surface area contributed by atoms with Crippen LogP contribution in [0.3, 0.4) is 0 Å². The van der Waals surface area contributed by atoms with E-state index in [2.05, 4.69) is 30.3 Å². The minimum absolute atomic E-state index is 0.364. The zero-order valence-electron chi connectivity index (χ0n) is 14.2. The molecule has 1 aromatic rings. The molecule has 1 amide bonds. The van der Waals surface area contributed by atoms with E-state index in [1.165, 1.54) is 18.4 Å². The number of fused-ring (bicyclic) bond motifs is 1. The topological polar surface area (TPSA) is 72.9 Å². The van der Waals surface area contributed by atoms with Crippen molar-refractivity contribution in [3.05, 3.63) is 29.1 Å². The normalized spacial score (nSPS) is 27.4. The Balaban J connectivity index is 1.54. The number of carbonyl (C=O) groups is 1. The van der Waals surface area contributed by atoms with Crippen LogP contribution in [0.25, 0.3) is 0 Å². The lowest BCUT2D eigenvalue weighted by Gasteiger charge is -2.30. The van der Waals surface area contributed by atoms with Crippen molar-refractivity contribution in [2.75, 3.05) is 13.1 Å². The summed E-state index contributed by atoms with van der Waals surface area (Å²) in [5.74, 6) is 1.62. The Morgan fingerprint density at radius 3 is 3.00 bits per heavy atom. The molecule has 1 aliphatic heterocycles. The first kappa shape index (κ1) is 16.2. The standard InChI is InChI=1S/C18H28N4O/c1-12-4-3-5-13(2)15(12)10-20-9-14-6-7-22-17(8-14)16(11-21-22)18(19)23/h4,11,13-15,20H,3,5-10H2,1-2H3,(H2,19,23)/t13-,14+,15-/m0/s1. The molecule has 5 heteroatoms. The van der Waals surface area contributed by atoms with Crippen LogP contribution in [-0.2, 0) is 13.0 Å². The van der Waals surface area contributed by atoms with Crippen molar-refractivity contribution in [1.82, 2.24) is 15.1 Å². The van der Waals surface area contributed by atoms with Crippen LogP contribution in [0, 0.1) is 17.8 Å². The second-order valence-corrected chi connectivity index (χ2v) is 7.22. The molecule has 2 heterocycles. The third-order valence-corrected chi connectivity index (χ3v) is 5.60. The fourth-order valence-electron chi connectivity index (χ4n) is 4.06. The summed E-state index contributed by atoms with van der Waals surface area (Å²) in [7, 11) is 0. The number of allylic oxidation sites excluding steroid dienone is 1. The second-order valence-electron chi connectivity index (χ2n) is 7.22. The summed E-state index contributed by atoms with van der Waals surface area (Å²) in [4.78, 5) is 11.5. The summed E-state index contributed by atoms with van der Waals surface area (Å²) >= 11 is 0. The fourth-order valence-corrected chi connectivity index (χ4v) is 4.06. The number of nitrogens with zero attached hydrogens (tertiary/aromatic N) is 2. The van der Waals surface area contributed by atoms with Crippen molar-refractivity contribution >= 4 is 5.91 Å². The summed E-state index contributed by atoms with van der Waals surface area (Å²) < 4.78 is 1.94. The quantitative estimate of drug-likeness (QED) is 0.817. The first-order valence-corrected chi connectivity index (χ1v) is 8.78. The van der Waals surface area contributed by atoms with Gasteiger partial charge in [-0.3, -0.25) is 9.48 Å². The molecule has 1 aliphatic carbocycles. The van der Waals surface area contributed by atoms with E-state index in [-0.39, 0.29) is 5.91 Å². The molecule has 3 N–H and O–H groups in total. The van der Waals surface area contributed by atoms with Gasteiger partial charge in [0.25, 0.3) is 5.91 Å². The Labute approximate surface area is 138 Å². The first-order chi connectivity index (χ1) is 11.1. The lowest BCUT2D eigenvalue weighted by atomic mass is 9.80. The molecule has 0 unspecified atom stereocenters. The maximum atomic E-state index is 11.5. The van der Waals surface area contributed by atoms with Crippen LogP contribution in [0.4, 0.5) is 0 Å². The number of hydrogen-bond donors (Lipinski definition) is 2. The van der Waals surface area contributed by atoms with Gasteiger partial charge in [-0.2, -0.15) is 5.10 Å². The van der Waals surface area contributed by atoms with Gasteiger partial charge in [-0.05, 0) is 56.9 Å². The van der Waals surface area contributed by atoms with E-state index in [0.717, 1.165) is 44.1 Å². The van der Waals surface area contributed by atoms with Crippen LogP contribution >= 0.6 is 0 Å². The first-order valence-electron chi connectivity index (χ1n) is 8.78. The van der Waals surface area contributed by atoms with Crippen molar-refractivity contribution < 1.29 is 4.79 Å². The maximum absolute atomic E-state index is 11.5. The number of aryl methyl sites for hydroxylation is 1. The molecule has 0 saturated carbocycles. The van der Waals surface area contributed by atoms with Gasteiger partial charge in [-0.15, -0.1) is 0 Å². The van der Waals surface area contributed by atoms with Crippen LogP contribution in [0.5, 0.6) is 0 Å². The van der Waals surface area contributed by atoms with E-state index in [0.29, 0.717) is 17.4 Å². The third kappa shape index (κ3) is 3.50. The van der Waals surface area contributed by atoms with Gasteiger partial charge in [-0.1, -0.05) is 18.6 Å². The average molecular weight is 316 g/mol. The average Bonchev–Trinajstić information content (AvgIpc) is 2.93. The van der Waals surface area contributed by atoms with E-state index in [4.69, 9.17) is 5.73 Å². The Morgan fingerprint density at radius 1 is 1.43 bits per heavy atom. The molecule has 0 spiro atoms. The lowest BCUT2D eigenvalue weighted by Crippen LogP contribution is -2.35. The Morgan fingerprint density at radius 2 is 2.26 bits per heavy atom. The van der Waals surface area contributed by atoms with Gasteiger partial charge < -0.3 is 11.1 Å². The van der Waals surface area contributed by atoms with E-state index in [1.807, 2.05) is 4.68 Å². The number of hydrogen-bond acceptors (Lipinski definition) is 3. The highest BCUT2D eigenvalue weighted by Gasteiger charge is 2.25. The molecular formula is C18H28N4O. The second kappa shape index (κ2) is 6.87. The zero-order chi connectivity index (χ0) is 16.4. The number of carbonyl (C=O) groups excluding carboxylic acids is 1. The van der Waals surface area contributed by atoms with E-state index < -0.39 is 0 Å². The summed E-state index contributed by atoms with van der Waals surface area (Å²) in [6, 6.07) is 0. The maximum Gasteiger partial charge on any atom is 0.252 e. The van der Waals surface area contributed by atoms with E-state index >= 15 is 0 Å². The third-order valence-electron chi connectivity index (χ3n) is 5.60. The summed E-state index contributed by atoms with van der Waals surface area (Å²) in [6.07, 6.45) is 8.53. The summed E-state index contributed by atoms with van der Waals surface area (Å²) in [5.41, 5.74) is 8.58. The minimum Gasteiger partial charge on any atom is -0.365 e. The molecule has 126 valence electrons. The highest BCUT2D eigenvalue weighted by Crippen LogP contribution is 2.29. The number of amides is 1. The van der Waals surface area contributed by atoms with Crippen molar-refractivity contribution in [3.63, 3.8) is 0 Å². The van der Waals surface area contributed by atoms with Crippen molar-refractivity contribution in [3.8, 4) is 0 Å². The molecule has 0 fully saturated rings. The monoisotopic (exact) mass is 316 g/mol. The molecule has 5 nitrogen and oxygen atoms in total. The Hall–Kier alpha value is -1.62. The number of primary amides is 1. The molecule has 0 aromatic carbocycles. The largest absolute Gasteiger partial charge is 0.365 e. The smallest absolute Gasteiger partial charge is 0.252 e. The van der Waals surface area contributed by atoms with Gasteiger partial charge >= 0.3 is 0 Å². The van der Waals surface area contributed by atoms with E-state index in [9.17, 15) is 4.79 Å². The van der Waals surface area contributed by atoms with Crippen LogP contribution in [0.15, 0.2) is 17.8 Å². The Kier molecular flexibility index (Phi) is 4.85. The van der Waals surface area contributed by atoms with Gasteiger partial charge in [0.05, 0.1) is 17.5 Å². The number of nitrogens with one attached hydrogen (secondary N) is 1. The molecule has 3 atom stereocenters. The number of nitrogens with two attached hydrogens (primary N) is 1. The number of rotatable bonds is 5. The number of aromatic nitrogens is 2. The van der Waals surface area contributed by atoms with Crippen LogP contribution in [-0.4, -0.2) is 28.8 Å².